The smallest absolute Gasteiger partial charge is 0.162 e. The minimum absolute atomic E-state index is 0.102. The van der Waals surface area contributed by atoms with E-state index in [1.165, 1.54) is 12.8 Å². The molecule has 0 amide bonds. The molecule has 3 aromatic rings. The van der Waals surface area contributed by atoms with Crippen LogP contribution in [0.1, 0.15) is 55.0 Å². The van der Waals surface area contributed by atoms with Gasteiger partial charge in [-0.25, -0.2) is 0 Å². The molecule has 5 nitrogen and oxygen atoms in total. The van der Waals surface area contributed by atoms with E-state index in [1.807, 2.05) is 42.5 Å². The van der Waals surface area contributed by atoms with Crippen molar-refractivity contribution in [3.63, 3.8) is 0 Å². The van der Waals surface area contributed by atoms with Crippen LogP contribution in [0.15, 0.2) is 47.5 Å². The Labute approximate surface area is 186 Å². The third-order valence-electron chi connectivity index (χ3n) is 5.69. The second-order valence-electron chi connectivity index (χ2n) is 7.96. The third-order valence-corrected chi connectivity index (χ3v) is 6.16. The summed E-state index contributed by atoms with van der Waals surface area (Å²) in [5.41, 5.74) is 3.84. The van der Waals surface area contributed by atoms with Crippen molar-refractivity contribution in [2.24, 2.45) is 10.9 Å². The van der Waals surface area contributed by atoms with Crippen LogP contribution in [0.5, 0.6) is 0 Å². The number of rotatable bonds is 6. The third kappa shape index (κ3) is 3.78. The van der Waals surface area contributed by atoms with Gasteiger partial charge in [-0.1, -0.05) is 42.3 Å². The number of nitrogens with zero attached hydrogens (tertiary/aromatic N) is 4. The summed E-state index contributed by atoms with van der Waals surface area (Å²) in [6, 6.07) is 13.6. The summed E-state index contributed by atoms with van der Waals surface area (Å²) in [5.74, 6) is 2.54. The van der Waals surface area contributed by atoms with Gasteiger partial charge in [-0.05, 0) is 62.1 Å². The standard InChI is InChI=1S/C23H23Cl2N5/c1-2-19-23-29-28-21(13-26-12-14-6-7-14)30(23)20-11-17(25)8-9-18(20)22(27-19)15-4-3-5-16(24)10-15/h3-5,8-11,14,19,26H,2,6-7,12-13H2,1H3. The van der Waals surface area contributed by atoms with Crippen LogP contribution < -0.4 is 5.32 Å². The van der Waals surface area contributed by atoms with Gasteiger partial charge >= 0.3 is 0 Å². The van der Waals surface area contributed by atoms with Crippen LogP contribution >= 0.6 is 23.2 Å². The van der Waals surface area contributed by atoms with Crippen LogP contribution in [0.4, 0.5) is 0 Å². The van der Waals surface area contributed by atoms with Crippen molar-refractivity contribution in [3.05, 3.63) is 75.3 Å². The monoisotopic (exact) mass is 439 g/mol. The Balaban J connectivity index is 1.65. The number of hydrogen-bond donors (Lipinski definition) is 1. The lowest BCUT2D eigenvalue weighted by Gasteiger charge is -2.14. The molecule has 0 bridgehead atoms. The van der Waals surface area contributed by atoms with Crippen LogP contribution in [0.2, 0.25) is 10.0 Å². The Kier molecular flexibility index (Phi) is 5.35. The second-order valence-corrected chi connectivity index (χ2v) is 8.83. The van der Waals surface area contributed by atoms with Gasteiger partial charge in [0.2, 0.25) is 0 Å². The predicted octanol–water partition coefficient (Wildman–Crippen LogP) is 5.38. The minimum Gasteiger partial charge on any atom is -0.310 e. The zero-order valence-electron chi connectivity index (χ0n) is 16.8. The second kappa shape index (κ2) is 8.14. The van der Waals surface area contributed by atoms with Crippen LogP contribution in [-0.2, 0) is 6.54 Å². The van der Waals surface area contributed by atoms with E-state index in [0.29, 0.717) is 16.6 Å². The molecule has 1 aliphatic carbocycles. The summed E-state index contributed by atoms with van der Waals surface area (Å²) in [5, 5.41) is 14.0. The highest BCUT2D eigenvalue weighted by Gasteiger charge is 2.28. The Morgan fingerprint density at radius 1 is 1.07 bits per heavy atom. The highest BCUT2D eigenvalue weighted by atomic mass is 35.5. The van der Waals surface area contributed by atoms with Crippen molar-refractivity contribution >= 4 is 28.9 Å². The first-order chi connectivity index (χ1) is 14.6. The van der Waals surface area contributed by atoms with Gasteiger partial charge in [-0.15, -0.1) is 10.2 Å². The van der Waals surface area contributed by atoms with E-state index in [1.54, 1.807) is 0 Å². The van der Waals surface area contributed by atoms with Crippen LogP contribution in [0, 0.1) is 5.92 Å². The van der Waals surface area contributed by atoms with Crippen LogP contribution in [0.3, 0.4) is 0 Å². The van der Waals surface area contributed by atoms with Gasteiger partial charge in [-0.3, -0.25) is 9.56 Å². The van der Waals surface area contributed by atoms with Crippen molar-refractivity contribution in [3.8, 4) is 5.69 Å². The molecular formula is C23H23Cl2N5. The predicted molar refractivity (Wildman–Crippen MR) is 121 cm³/mol. The molecule has 7 heteroatoms. The number of hydrogen-bond acceptors (Lipinski definition) is 4. The maximum atomic E-state index is 6.43. The van der Waals surface area contributed by atoms with Gasteiger partial charge in [-0.2, -0.15) is 0 Å². The van der Waals surface area contributed by atoms with Gasteiger partial charge in [0, 0.05) is 21.2 Å². The number of fused-ring (bicyclic) bond motifs is 3. The number of nitrogens with one attached hydrogen (secondary N) is 1. The van der Waals surface area contributed by atoms with Gasteiger partial charge in [0.15, 0.2) is 11.6 Å². The van der Waals surface area contributed by atoms with E-state index in [2.05, 4.69) is 27.0 Å². The zero-order chi connectivity index (χ0) is 20.7. The summed E-state index contributed by atoms with van der Waals surface area (Å²) in [4.78, 5) is 5.12. The lowest BCUT2D eigenvalue weighted by atomic mass is 10.0. The molecule has 2 heterocycles. The summed E-state index contributed by atoms with van der Waals surface area (Å²) < 4.78 is 2.14. The van der Waals surface area contributed by atoms with Gasteiger partial charge in [0.1, 0.15) is 6.04 Å². The Hall–Kier alpha value is -2.21. The first kappa shape index (κ1) is 19.7. The average Bonchev–Trinajstić information content (AvgIpc) is 3.49. The zero-order valence-corrected chi connectivity index (χ0v) is 18.3. The Morgan fingerprint density at radius 2 is 1.90 bits per heavy atom. The summed E-state index contributed by atoms with van der Waals surface area (Å²) in [6.45, 7) is 3.81. The SMILES string of the molecule is CCC1N=C(c2cccc(Cl)c2)c2ccc(Cl)cc2-n2c(CNCC3CC3)nnc21. The van der Waals surface area contributed by atoms with E-state index in [4.69, 9.17) is 28.2 Å². The van der Waals surface area contributed by atoms with Crippen molar-refractivity contribution in [2.75, 3.05) is 6.54 Å². The lowest BCUT2D eigenvalue weighted by molar-refractivity contribution is 0.603. The Morgan fingerprint density at radius 3 is 2.67 bits per heavy atom. The molecule has 0 radical (unpaired) electrons. The Bertz CT molecular complexity index is 1120. The van der Waals surface area contributed by atoms with Crippen LogP contribution in [0.25, 0.3) is 5.69 Å². The fourth-order valence-corrected chi connectivity index (χ4v) is 4.30. The number of halogens is 2. The topological polar surface area (TPSA) is 55.1 Å². The van der Waals surface area contributed by atoms with Gasteiger partial charge in [0.25, 0.3) is 0 Å². The molecule has 1 aliphatic heterocycles. The largest absolute Gasteiger partial charge is 0.310 e. The quantitative estimate of drug-likeness (QED) is 0.560. The minimum atomic E-state index is -0.102. The van der Waals surface area contributed by atoms with Crippen molar-refractivity contribution < 1.29 is 0 Å². The van der Waals surface area contributed by atoms with Crippen molar-refractivity contribution in [1.82, 2.24) is 20.1 Å². The maximum absolute atomic E-state index is 6.43. The van der Waals surface area contributed by atoms with E-state index < -0.39 is 0 Å². The highest BCUT2D eigenvalue weighted by molar-refractivity contribution is 6.32. The summed E-state index contributed by atoms with van der Waals surface area (Å²) in [7, 11) is 0. The van der Waals surface area contributed by atoms with E-state index in [9.17, 15) is 0 Å². The first-order valence-electron chi connectivity index (χ1n) is 10.4. The van der Waals surface area contributed by atoms with E-state index in [-0.39, 0.29) is 6.04 Å². The normalized spacial score (nSPS) is 17.8. The van der Waals surface area contributed by atoms with Gasteiger partial charge < -0.3 is 5.32 Å². The first-order valence-corrected chi connectivity index (χ1v) is 11.2. The molecule has 5 rings (SSSR count). The van der Waals surface area contributed by atoms with Gasteiger partial charge in [0.05, 0.1) is 17.9 Å². The molecule has 1 saturated carbocycles. The molecular weight excluding hydrogens is 417 g/mol. The van der Waals surface area contributed by atoms with E-state index in [0.717, 1.165) is 53.1 Å². The maximum Gasteiger partial charge on any atom is 0.162 e. The number of benzene rings is 2. The highest BCUT2D eigenvalue weighted by Crippen LogP contribution is 2.34. The molecule has 2 aliphatic rings. The molecule has 1 N–H and O–H groups in total. The summed E-state index contributed by atoms with van der Waals surface area (Å²) in [6.07, 6.45) is 3.45. The molecule has 1 aromatic heterocycles. The molecule has 2 aromatic carbocycles. The summed E-state index contributed by atoms with van der Waals surface area (Å²) >= 11 is 12.7. The molecule has 1 unspecified atom stereocenters. The molecule has 30 heavy (non-hydrogen) atoms. The number of aliphatic imine (C=N–C) groups is 1. The van der Waals surface area contributed by atoms with E-state index >= 15 is 0 Å². The fourth-order valence-electron chi connectivity index (χ4n) is 3.95. The van der Waals surface area contributed by atoms with Crippen molar-refractivity contribution in [1.29, 1.82) is 0 Å². The average molecular weight is 440 g/mol. The number of aromatic nitrogens is 3. The molecule has 0 spiro atoms. The molecule has 0 saturated heterocycles. The molecule has 1 fully saturated rings. The molecule has 154 valence electrons. The van der Waals surface area contributed by atoms with Crippen molar-refractivity contribution in [2.45, 2.75) is 38.8 Å². The lowest BCUT2D eigenvalue weighted by Crippen LogP contribution is -2.20. The fraction of sp³-hybridized carbons (Fsp3) is 0.348. The van der Waals surface area contributed by atoms with Crippen LogP contribution in [-0.4, -0.2) is 27.0 Å². The molecule has 1 atom stereocenters.